The van der Waals surface area contributed by atoms with Crippen molar-refractivity contribution in [2.24, 2.45) is 0 Å². The van der Waals surface area contributed by atoms with E-state index in [1.165, 1.54) is 28.0 Å². The minimum Gasteiger partial charge on any atom is -0.325 e. The molecule has 4 aromatic rings. The number of Topliss-reactive ketones (excluding diaryl/α,β-unsaturated/α-hetero) is 1. The molecule has 3 heterocycles. The zero-order valence-electron chi connectivity index (χ0n) is 17.8. The highest BCUT2D eigenvalue weighted by Gasteiger charge is 2.28. The van der Waals surface area contributed by atoms with Crippen LogP contribution in [0.25, 0.3) is 28.0 Å². The Bertz CT molecular complexity index is 1210. The van der Waals surface area contributed by atoms with Crippen molar-refractivity contribution >= 4 is 11.4 Å². The summed E-state index contributed by atoms with van der Waals surface area (Å²) in [5.41, 5.74) is 9.39. The van der Waals surface area contributed by atoms with Gasteiger partial charge in [-0.15, -0.1) is 0 Å². The quantitative estimate of drug-likeness (QED) is 0.345. The van der Waals surface area contributed by atoms with Gasteiger partial charge in [-0.1, -0.05) is 67.1 Å². The second-order valence-electron chi connectivity index (χ2n) is 8.42. The van der Waals surface area contributed by atoms with Crippen molar-refractivity contribution in [3.8, 4) is 22.4 Å². The Labute approximate surface area is 178 Å². The third kappa shape index (κ3) is 3.00. The van der Waals surface area contributed by atoms with Gasteiger partial charge in [0.1, 0.15) is 5.65 Å². The first-order valence-corrected chi connectivity index (χ1v) is 11.1. The summed E-state index contributed by atoms with van der Waals surface area (Å²) >= 11 is 0. The van der Waals surface area contributed by atoms with Gasteiger partial charge in [-0.3, -0.25) is 9.20 Å². The SMILES string of the molecule is CCCC(=O)c1c(-c2ccccc2)c2c3n(c(-c4ccc(C)cc4)cn13)CCCC2. The first-order chi connectivity index (χ1) is 14.7. The molecule has 0 N–H and O–H groups in total. The average Bonchev–Trinajstić information content (AvgIpc) is 3.18. The fraction of sp³-hybridized carbons (Fsp3) is 0.296. The number of rotatable bonds is 5. The zero-order valence-corrected chi connectivity index (χ0v) is 17.8. The normalized spacial score (nSPS) is 13.5. The van der Waals surface area contributed by atoms with Crippen LogP contribution in [0, 0.1) is 6.92 Å². The van der Waals surface area contributed by atoms with E-state index in [1.54, 1.807) is 0 Å². The monoisotopic (exact) mass is 396 g/mol. The molecule has 0 spiro atoms. The molecular formula is C27H28N2O. The van der Waals surface area contributed by atoms with Crippen LogP contribution in [0.15, 0.2) is 60.8 Å². The molecule has 3 nitrogen and oxygen atoms in total. The predicted octanol–water partition coefficient (Wildman–Crippen LogP) is 6.70. The van der Waals surface area contributed by atoms with Crippen LogP contribution in [0.2, 0.25) is 0 Å². The number of aryl methyl sites for hydroxylation is 3. The lowest BCUT2D eigenvalue weighted by Gasteiger charge is -2.09. The molecule has 0 radical (unpaired) electrons. The Balaban J connectivity index is 1.84. The zero-order chi connectivity index (χ0) is 20.7. The summed E-state index contributed by atoms with van der Waals surface area (Å²) in [5.74, 6) is 0.241. The van der Waals surface area contributed by atoms with Crippen LogP contribution in [-0.2, 0) is 13.0 Å². The molecule has 0 saturated carbocycles. The predicted molar refractivity (Wildman–Crippen MR) is 123 cm³/mol. The third-order valence-electron chi connectivity index (χ3n) is 6.28. The lowest BCUT2D eigenvalue weighted by Crippen LogP contribution is -2.04. The van der Waals surface area contributed by atoms with Crippen LogP contribution >= 0.6 is 0 Å². The van der Waals surface area contributed by atoms with Crippen LogP contribution in [0.3, 0.4) is 0 Å². The van der Waals surface area contributed by atoms with E-state index in [4.69, 9.17) is 0 Å². The Morgan fingerprint density at radius 2 is 1.73 bits per heavy atom. The van der Waals surface area contributed by atoms with Crippen LogP contribution in [0.4, 0.5) is 0 Å². The van der Waals surface area contributed by atoms with Crippen molar-refractivity contribution in [3.63, 3.8) is 0 Å². The molecule has 5 rings (SSSR count). The minimum atomic E-state index is 0.241. The number of benzene rings is 2. The number of carbonyl (C=O) groups is 1. The number of aromatic nitrogens is 2. The van der Waals surface area contributed by atoms with E-state index in [2.05, 4.69) is 77.5 Å². The Kier molecular flexibility index (Phi) is 4.82. The number of ketones is 1. The summed E-state index contributed by atoms with van der Waals surface area (Å²) in [5, 5.41) is 0. The maximum Gasteiger partial charge on any atom is 0.180 e. The lowest BCUT2D eigenvalue weighted by atomic mass is 9.96. The molecule has 0 unspecified atom stereocenters. The highest BCUT2D eigenvalue weighted by molar-refractivity contribution is 6.04. The van der Waals surface area contributed by atoms with Gasteiger partial charge < -0.3 is 4.57 Å². The van der Waals surface area contributed by atoms with Gasteiger partial charge >= 0.3 is 0 Å². The summed E-state index contributed by atoms with van der Waals surface area (Å²) < 4.78 is 4.65. The van der Waals surface area contributed by atoms with E-state index in [0.717, 1.165) is 49.0 Å². The standard InChI is InChI=1S/C27H28N2O/c1-3-9-24(30)26-25(21-10-5-4-6-11-21)22-12-7-8-17-28-23(18-29(26)27(22)28)20-15-13-19(2)14-16-20/h4-6,10-11,13-16,18H,3,7-9,12,17H2,1-2H3. The topological polar surface area (TPSA) is 26.4 Å². The van der Waals surface area contributed by atoms with Crippen LogP contribution in [0.5, 0.6) is 0 Å². The van der Waals surface area contributed by atoms with E-state index in [-0.39, 0.29) is 5.78 Å². The van der Waals surface area contributed by atoms with Crippen molar-refractivity contribution < 1.29 is 4.79 Å². The summed E-state index contributed by atoms with van der Waals surface area (Å²) in [6.45, 7) is 5.19. The number of imidazole rings is 1. The van der Waals surface area contributed by atoms with Gasteiger partial charge in [-0.25, -0.2) is 0 Å². The molecule has 1 aliphatic heterocycles. The maximum atomic E-state index is 13.4. The summed E-state index contributed by atoms with van der Waals surface area (Å²) in [7, 11) is 0. The molecule has 0 fully saturated rings. The second kappa shape index (κ2) is 7.64. The molecule has 152 valence electrons. The van der Waals surface area contributed by atoms with E-state index >= 15 is 0 Å². The molecule has 0 atom stereocenters. The molecule has 2 aromatic heterocycles. The van der Waals surface area contributed by atoms with Gasteiger partial charge in [0.05, 0.1) is 11.4 Å². The number of hydrogen-bond acceptors (Lipinski definition) is 1. The van der Waals surface area contributed by atoms with Crippen LogP contribution in [0.1, 0.15) is 54.2 Å². The van der Waals surface area contributed by atoms with Crippen LogP contribution < -0.4 is 0 Å². The number of carbonyl (C=O) groups excluding carboxylic acids is 1. The summed E-state index contributed by atoms with van der Waals surface area (Å²) in [4.78, 5) is 13.4. The highest BCUT2D eigenvalue weighted by atomic mass is 16.1. The van der Waals surface area contributed by atoms with E-state index in [0.29, 0.717) is 6.42 Å². The molecule has 3 heteroatoms. The van der Waals surface area contributed by atoms with Crippen molar-refractivity contribution in [1.29, 1.82) is 0 Å². The van der Waals surface area contributed by atoms with Gasteiger partial charge in [-0.05, 0) is 43.7 Å². The molecule has 0 amide bonds. The fourth-order valence-electron chi connectivity index (χ4n) is 4.88. The van der Waals surface area contributed by atoms with Crippen LogP contribution in [-0.4, -0.2) is 14.8 Å². The first kappa shape index (κ1) is 18.9. The molecule has 2 aromatic carbocycles. The van der Waals surface area contributed by atoms with Crippen molar-refractivity contribution in [3.05, 3.63) is 77.6 Å². The van der Waals surface area contributed by atoms with Crippen molar-refractivity contribution in [2.75, 3.05) is 0 Å². The van der Waals surface area contributed by atoms with E-state index in [9.17, 15) is 4.79 Å². The van der Waals surface area contributed by atoms with Crippen molar-refractivity contribution in [1.82, 2.24) is 8.97 Å². The van der Waals surface area contributed by atoms with Gasteiger partial charge in [0.15, 0.2) is 5.78 Å². The van der Waals surface area contributed by atoms with Gasteiger partial charge in [0.25, 0.3) is 0 Å². The van der Waals surface area contributed by atoms with Gasteiger partial charge in [0, 0.05) is 30.3 Å². The lowest BCUT2D eigenvalue weighted by molar-refractivity contribution is 0.0977. The van der Waals surface area contributed by atoms with E-state index < -0.39 is 0 Å². The molecular weight excluding hydrogens is 368 g/mol. The Morgan fingerprint density at radius 1 is 0.967 bits per heavy atom. The average molecular weight is 397 g/mol. The van der Waals surface area contributed by atoms with E-state index in [1.807, 2.05) is 6.07 Å². The Morgan fingerprint density at radius 3 is 2.47 bits per heavy atom. The third-order valence-corrected chi connectivity index (χ3v) is 6.28. The van der Waals surface area contributed by atoms with Crippen molar-refractivity contribution in [2.45, 2.75) is 52.5 Å². The molecule has 30 heavy (non-hydrogen) atoms. The second-order valence-corrected chi connectivity index (χ2v) is 8.42. The number of nitrogens with zero attached hydrogens (tertiary/aromatic N) is 2. The molecule has 0 bridgehead atoms. The molecule has 0 aliphatic carbocycles. The molecule has 0 saturated heterocycles. The minimum absolute atomic E-state index is 0.241. The van der Waals surface area contributed by atoms with Gasteiger partial charge in [-0.2, -0.15) is 0 Å². The maximum absolute atomic E-state index is 13.4. The fourth-order valence-corrected chi connectivity index (χ4v) is 4.88. The smallest absolute Gasteiger partial charge is 0.180 e. The number of hydrogen-bond donors (Lipinski definition) is 0. The first-order valence-electron chi connectivity index (χ1n) is 11.1. The van der Waals surface area contributed by atoms with Gasteiger partial charge in [0.2, 0.25) is 0 Å². The Hall–Kier alpha value is -3.07. The largest absolute Gasteiger partial charge is 0.325 e. The summed E-state index contributed by atoms with van der Waals surface area (Å²) in [6.07, 6.45) is 6.96. The molecule has 1 aliphatic rings. The highest BCUT2D eigenvalue weighted by Crippen LogP contribution is 2.39. The summed E-state index contributed by atoms with van der Waals surface area (Å²) in [6, 6.07) is 19.2.